The summed E-state index contributed by atoms with van der Waals surface area (Å²) in [6.07, 6.45) is 0.827. The fraction of sp³-hybridized carbons (Fsp3) is 0.412. The number of aromatic nitrogens is 2. The van der Waals surface area contributed by atoms with Crippen LogP contribution >= 0.6 is 11.8 Å². The van der Waals surface area contributed by atoms with E-state index in [-0.39, 0.29) is 35.7 Å². The lowest BCUT2D eigenvalue weighted by Crippen LogP contribution is -2.56. The zero-order valence-corrected chi connectivity index (χ0v) is 26.9. The summed E-state index contributed by atoms with van der Waals surface area (Å²) in [6.45, 7) is 2.19. The van der Waals surface area contributed by atoms with Crippen molar-refractivity contribution in [3.05, 3.63) is 59.7 Å². The van der Waals surface area contributed by atoms with Gasteiger partial charge in [-0.05, 0) is 43.9 Å². The third-order valence-electron chi connectivity index (χ3n) is 10.3. The Morgan fingerprint density at radius 2 is 1.78 bits per heavy atom. The Hall–Kier alpha value is -3.58. The van der Waals surface area contributed by atoms with E-state index in [4.69, 9.17) is 9.47 Å². The highest BCUT2D eigenvalue weighted by Crippen LogP contribution is 2.57. The van der Waals surface area contributed by atoms with E-state index in [0.717, 1.165) is 54.9 Å². The third kappa shape index (κ3) is 3.81. The number of benzene rings is 3. The largest absolute Gasteiger partial charge is 0.463 e. The van der Waals surface area contributed by atoms with Gasteiger partial charge >= 0.3 is 5.97 Å². The molecule has 12 heteroatoms. The number of amides is 1. The highest BCUT2D eigenvalue weighted by atomic mass is 32.2. The number of hydrogen-bond acceptors (Lipinski definition) is 8. The SMILES string of the molecule is CC12OC(CC1(O)C(=O)OCCCCCS(=O)(=O)CC1CS1)n1c3ccccc3c3c4c(c5c6ccccc6n2c5c31)CNC4=O. The smallest absolute Gasteiger partial charge is 0.343 e. The van der Waals surface area contributed by atoms with E-state index >= 15 is 0 Å². The molecule has 0 saturated carbocycles. The molecule has 2 saturated heterocycles. The van der Waals surface area contributed by atoms with Crippen LogP contribution < -0.4 is 5.32 Å². The van der Waals surface area contributed by atoms with Gasteiger partial charge in [-0.3, -0.25) is 4.79 Å². The molecule has 0 aliphatic carbocycles. The lowest BCUT2D eigenvalue weighted by molar-refractivity contribution is -0.204. The summed E-state index contributed by atoms with van der Waals surface area (Å²) in [6, 6.07) is 15.7. The number of rotatable bonds is 9. The van der Waals surface area contributed by atoms with Crippen LogP contribution in [-0.4, -0.2) is 69.3 Å². The Bertz CT molecular complexity index is 2270. The molecule has 0 spiro atoms. The maximum atomic E-state index is 14.0. The highest BCUT2D eigenvalue weighted by molar-refractivity contribution is 8.08. The van der Waals surface area contributed by atoms with Crippen LogP contribution in [0, 0.1) is 0 Å². The summed E-state index contributed by atoms with van der Waals surface area (Å²) in [5.74, 6) is 0.411. The Morgan fingerprint density at radius 1 is 1.07 bits per heavy atom. The quantitative estimate of drug-likeness (QED) is 0.132. The molecule has 5 aromatic rings. The number of aliphatic hydroxyl groups is 1. The van der Waals surface area contributed by atoms with Crippen molar-refractivity contribution in [2.24, 2.45) is 0 Å². The number of sulfone groups is 1. The van der Waals surface area contributed by atoms with Gasteiger partial charge in [0.25, 0.3) is 5.91 Å². The Kier molecular flexibility index (Phi) is 6.05. The lowest BCUT2D eigenvalue weighted by Gasteiger charge is -2.37. The zero-order valence-electron chi connectivity index (χ0n) is 25.2. The van der Waals surface area contributed by atoms with E-state index in [1.54, 1.807) is 18.7 Å². The number of unbranched alkanes of at least 4 members (excludes halogenated alkanes) is 2. The zero-order chi connectivity index (χ0) is 31.6. The van der Waals surface area contributed by atoms with Gasteiger partial charge in [-0.1, -0.05) is 36.4 Å². The fourth-order valence-electron chi connectivity index (χ4n) is 8.14. The molecule has 2 bridgehead atoms. The molecule has 9 rings (SSSR count). The van der Waals surface area contributed by atoms with Gasteiger partial charge in [-0.25, -0.2) is 13.2 Å². The molecule has 2 N–H and O–H groups in total. The molecule has 6 heterocycles. The van der Waals surface area contributed by atoms with Crippen LogP contribution in [0.4, 0.5) is 0 Å². The number of carbonyl (C=O) groups is 2. The number of hydrogen-bond donors (Lipinski definition) is 2. The topological polar surface area (TPSA) is 129 Å². The first-order chi connectivity index (χ1) is 22.1. The second-order valence-corrected chi connectivity index (χ2v) is 16.7. The number of ether oxygens (including phenoxy) is 2. The van der Waals surface area contributed by atoms with Gasteiger partial charge in [-0.2, -0.15) is 11.8 Å². The van der Waals surface area contributed by atoms with Crippen LogP contribution in [0.2, 0.25) is 0 Å². The molecule has 4 aliphatic heterocycles. The van der Waals surface area contributed by atoms with Crippen LogP contribution in [0.3, 0.4) is 0 Å². The normalized spacial score (nSPS) is 26.3. The average Bonchev–Trinajstić information content (AvgIpc) is 3.40. The second-order valence-electron chi connectivity index (χ2n) is 13.1. The van der Waals surface area contributed by atoms with Crippen molar-refractivity contribution in [3.8, 4) is 0 Å². The Morgan fingerprint density at radius 3 is 2.54 bits per heavy atom. The first-order valence-corrected chi connectivity index (χ1v) is 18.7. The summed E-state index contributed by atoms with van der Waals surface area (Å²) in [4.78, 5) is 27.4. The predicted octanol–water partition coefficient (Wildman–Crippen LogP) is 4.73. The molecular formula is C34H33N3O7S2. The molecule has 0 radical (unpaired) electrons. The molecule has 2 aromatic heterocycles. The lowest BCUT2D eigenvalue weighted by atomic mass is 9.88. The van der Waals surface area contributed by atoms with Crippen LogP contribution in [0.1, 0.15) is 54.8 Å². The van der Waals surface area contributed by atoms with Crippen molar-refractivity contribution in [2.75, 3.05) is 23.9 Å². The minimum absolute atomic E-state index is 0.0513. The van der Waals surface area contributed by atoms with Crippen LogP contribution in [0.25, 0.3) is 43.6 Å². The van der Waals surface area contributed by atoms with Gasteiger partial charge in [-0.15, -0.1) is 0 Å². The van der Waals surface area contributed by atoms with E-state index in [0.29, 0.717) is 31.4 Å². The second kappa shape index (κ2) is 9.72. The van der Waals surface area contributed by atoms with Crippen molar-refractivity contribution in [2.45, 2.75) is 62.0 Å². The average molecular weight is 660 g/mol. The maximum Gasteiger partial charge on any atom is 0.343 e. The van der Waals surface area contributed by atoms with E-state index in [1.165, 1.54) is 0 Å². The number of nitrogens with one attached hydrogen (secondary N) is 1. The molecule has 1 amide bonds. The van der Waals surface area contributed by atoms with Crippen LogP contribution in [-0.2, 0) is 36.4 Å². The molecule has 3 aromatic carbocycles. The van der Waals surface area contributed by atoms with Crippen molar-refractivity contribution in [1.82, 2.24) is 14.5 Å². The van der Waals surface area contributed by atoms with Crippen LogP contribution in [0.15, 0.2) is 48.5 Å². The molecule has 46 heavy (non-hydrogen) atoms. The number of carbonyl (C=O) groups excluding carboxylic acids is 2. The number of para-hydroxylation sites is 2. The van der Waals surface area contributed by atoms with Crippen molar-refractivity contribution in [1.29, 1.82) is 0 Å². The van der Waals surface area contributed by atoms with Gasteiger partial charge in [0.05, 0.1) is 45.7 Å². The molecule has 2 fully saturated rings. The van der Waals surface area contributed by atoms with Crippen molar-refractivity contribution >= 4 is 77.1 Å². The van der Waals surface area contributed by atoms with Gasteiger partial charge in [0.1, 0.15) is 6.23 Å². The van der Waals surface area contributed by atoms with Crippen LogP contribution in [0.5, 0.6) is 0 Å². The molecule has 238 valence electrons. The first kappa shape index (κ1) is 28.6. The Balaban J connectivity index is 1.13. The van der Waals surface area contributed by atoms with E-state index < -0.39 is 33.4 Å². The number of thioether (sulfide) groups is 1. The predicted molar refractivity (Wildman–Crippen MR) is 177 cm³/mol. The minimum Gasteiger partial charge on any atom is -0.463 e. The van der Waals surface area contributed by atoms with E-state index in [1.807, 2.05) is 57.7 Å². The molecule has 4 atom stereocenters. The van der Waals surface area contributed by atoms with Gasteiger partial charge in [0, 0.05) is 45.5 Å². The first-order valence-electron chi connectivity index (χ1n) is 15.8. The summed E-state index contributed by atoms with van der Waals surface area (Å²) in [5.41, 5.74) is 1.28. The molecule has 10 nitrogen and oxygen atoms in total. The fourth-order valence-corrected chi connectivity index (χ4v) is 11.0. The maximum absolute atomic E-state index is 14.0. The number of fused-ring (bicyclic) bond motifs is 13. The Labute approximate surface area is 268 Å². The van der Waals surface area contributed by atoms with Crippen molar-refractivity contribution < 1.29 is 32.6 Å². The summed E-state index contributed by atoms with van der Waals surface area (Å²) < 4.78 is 41.1. The van der Waals surface area contributed by atoms with Gasteiger partial charge in [0.2, 0.25) is 5.60 Å². The monoisotopic (exact) mass is 659 g/mol. The summed E-state index contributed by atoms with van der Waals surface area (Å²) >= 11 is 1.68. The van der Waals surface area contributed by atoms with E-state index in [2.05, 4.69) is 5.32 Å². The molecular weight excluding hydrogens is 627 g/mol. The van der Waals surface area contributed by atoms with Gasteiger partial charge in [0.15, 0.2) is 15.6 Å². The highest BCUT2D eigenvalue weighted by Gasteiger charge is 2.66. The van der Waals surface area contributed by atoms with Crippen molar-refractivity contribution in [3.63, 3.8) is 0 Å². The number of nitrogens with zero attached hydrogens (tertiary/aromatic N) is 2. The third-order valence-corrected chi connectivity index (χ3v) is 13.3. The molecule has 4 aliphatic rings. The number of esters is 1. The van der Waals surface area contributed by atoms with E-state index in [9.17, 15) is 23.1 Å². The standard InChI is InChI=1S/C34H33N3O7S2/c1-33-34(40,32(39)43-13-7-2-8-14-46(41,42)18-19-17-45-19)15-25(44-33)36-23-11-5-3-9-20(23)27-28-22(16-35-31(28)38)26-21-10-4-6-12-24(21)37(33)30(26)29(27)36/h3-6,9-12,19,25,40H,2,7-8,13-18H2,1H3,(H,35,38). The van der Waals surface area contributed by atoms with Gasteiger partial charge < -0.3 is 29.0 Å². The molecule has 4 unspecified atom stereocenters. The summed E-state index contributed by atoms with van der Waals surface area (Å²) in [7, 11) is -3.07. The minimum atomic E-state index is -3.07. The summed E-state index contributed by atoms with van der Waals surface area (Å²) in [5, 5.41) is 19.4.